The van der Waals surface area contributed by atoms with Gasteiger partial charge in [0.25, 0.3) is 17.7 Å². The number of amides is 5. The summed E-state index contributed by atoms with van der Waals surface area (Å²) in [5.74, 6) is -4.22. The third-order valence-corrected chi connectivity index (χ3v) is 4.02. The van der Waals surface area contributed by atoms with Gasteiger partial charge in [-0.1, -0.05) is 26.0 Å². The molecule has 0 bridgehead atoms. The van der Waals surface area contributed by atoms with Crippen molar-refractivity contribution in [2.45, 2.75) is 26.1 Å². The standard InChI is InChI=1S/C18H18F3N3O6/c1-9(2)13(24-14(26)10-5-3-4-6-11(10)15(24)27)16(28)30-7-12(25)23-17(29)22-8-18(19,20)21/h3-6,9,13H,7-8H2,1-2H3,(H2,22,23,25,29)/t13-/m0/s1. The van der Waals surface area contributed by atoms with Gasteiger partial charge in [-0.15, -0.1) is 0 Å². The Morgan fingerprint density at radius 2 is 1.60 bits per heavy atom. The van der Waals surface area contributed by atoms with Crippen LogP contribution >= 0.6 is 0 Å². The van der Waals surface area contributed by atoms with Crippen molar-refractivity contribution in [1.82, 2.24) is 15.5 Å². The van der Waals surface area contributed by atoms with E-state index in [4.69, 9.17) is 4.74 Å². The van der Waals surface area contributed by atoms with Crippen LogP contribution in [0.2, 0.25) is 0 Å². The first kappa shape index (κ1) is 22.8. The highest BCUT2D eigenvalue weighted by atomic mass is 19.4. The van der Waals surface area contributed by atoms with Crippen molar-refractivity contribution >= 4 is 29.7 Å². The molecule has 30 heavy (non-hydrogen) atoms. The lowest BCUT2D eigenvalue weighted by Crippen LogP contribution is -2.49. The second-order valence-corrected chi connectivity index (χ2v) is 6.67. The zero-order valence-corrected chi connectivity index (χ0v) is 15.9. The van der Waals surface area contributed by atoms with Crippen molar-refractivity contribution in [3.63, 3.8) is 0 Å². The highest BCUT2D eigenvalue weighted by Crippen LogP contribution is 2.27. The first-order valence-electron chi connectivity index (χ1n) is 8.70. The number of nitrogens with one attached hydrogen (secondary N) is 2. The van der Waals surface area contributed by atoms with E-state index in [2.05, 4.69) is 0 Å². The van der Waals surface area contributed by atoms with Gasteiger partial charge in [0.2, 0.25) is 0 Å². The third-order valence-electron chi connectivity index (χ3n) is 4.02. The van der Waals surface area contributed by atoms with Crippen molar-refractivity contribution in [3.8, 4) is 0 Å². The summed E-state index contributed by atoms with van der Waals surface area (Å²) in [6.45, 7) is 0.464. The summed E-state index contributed by atoms with van der Waals surface area (Å²) in [6, 6.07) is 3.23. The second-order valence-electron chi connectivity index (χ2n) is 6.67. The molecule has 0 fully saturated rings. The SMILES string of the molecule is CC(C)[C@@H](C(=O)OCC(=O)NC(=O)NCC(F)(F)F)N1C(=O)c2ccccc2C1=O. The zero-order chi connectivity index (χ0) is 22.6. The minimum Gasteiger partial charge on any atom is -0.454 e. The number of benzene rings is 1. The Balaban J connectivity index is 1.99. The molecule has 162 valence electrons. The lowest BCUT2D eigenvalue weighted by Gasteiger charge is -2.27. The number of hydrogen-bond donors (Lipinski definition) is 2. The normalized spacial score (nSPS) is 14.4. The highest BCUT2D eigenvalue weighted by molar-refractivity contribution is 6.22. The summed E-state index contributed by atoms with van der Waals surface area (Å²) in [4.78, 5) is 61.2. The summed E-state index contributed by atoms with van der Waals surface area (Å²) in [5.41, 5.74) is 0.250. The molecule has 12 heteroatoms. The van der Waals surface area contributed by atoms with Gasteiger partial charge in [-0.3, -0.25) is 24.6 Å². The van der Waals surface area contributed by atoms with Crippen LogP contribution in [-0.4, -0.2) is 60.0 Å². The van der Waals surface area contributed by atoms with E-state index >= 15 is 0 Å². The van der Waals surface area contributed by atoms with Gasteiger partial charge in [-0.05, 0) is 18.1 Å². The molecule has 0 unspecified atom stereocenters. The van der Waals surface area contributed by atoms with E-state index in [1.165, 1.54) is 17.4 Å². The van der Waals surface area contributed by atoms with E-state index in [1.807, 2.05) is 0 Å². The summed E-state index contributed by atoms with van der Waals surface area (Å²) >= 11 is 0. The molecule has 2 rings (SSSR count). The number of imide groups is 2. The molecule has 0 radical (unpaired) electrons. The van der Waals surface area contributed by atoms with E-state index in [0.29, 0.717) is 0 Å². The molecule has 1 aliphatic heterocycles. The minimum atomic E-state index is -4.66. The number of alkyl halides is 3. The molecule has 1 heterocycles. The number of hydrogen-bond acceptors (Lipinski definition) is 6. The smallest absolute Gasteiger partial charge is 0.405 e. The number of fused-ring (bicyclic) bond motifs is 1. The van der Waals surface area contributed by atoms with Crippen LogP contribution in [0.3, 0.4) is 0 Å². The molecule has 0 spiro atoms. The van der Waals surface area contributed by atoms with Crippen LogP contribution in [0.1, 0.15) is 34.6 Å². The Labute approximate surface area is 168 Å². The topological polar surface area (TPSA) is 122 Å². The maximum atomic E-state index is 12.6. The number of carbonyl (C=O) groups excluding carboxylic acids is 5. The maximum Gasteiger partial charge on any atom is 0.405 e. The number of carbonyl (C=O) groups is 5. The van der Waals surface area contributed by atoms with E-state index in [0.717, 1.165) is 4.90 Å². The lowest BCUT2D eigenvalue weighted by molar-refractivity contribution is -0.153. The summed E-state index contributed by atoms with van der Waals surface area (Å²) in [7, 11) is 0. The van der Waals surface area contributed by atoms with Crippen molar-refractivity contribution < 1.29 is 41.9 Å². The maximum absolute atomic E-state index is 12.6. The predicted molar refractivity (Wildman–Crippen MR) is 94.1 cm³/mol. The fourth-order valence-electron chi connectivity index (χ4n) is 2.75. The van der Waals surface area contributed by atoms with E-state index in [9.17, 15) is 37.1 Å². The molecule has 1 atom stereocenters. The molecule has 2 N–H and O–H groups in total. The Hall–Kier alpha value is -3.44. The van der Waals surface area contributed by atoms with Gasteiger partial charge >= 0.3 is 18.2 Å². The number of urea groups is 1. The Bertz CT molecular complexity index is 849. The Kier molecular flexibility index (Phi) is 6.80. The first-order valence-corrected chi connectivity index (χ1v) is 8.70. The molecule has 0 aliphatic carbocycles. The van der Waals surface area contributed by atoms with Crippen molar-refractivity contribution in [2.75, 3.05) is 13.2 Å². The monoisotopic (exact) mass is 429 g/mol. The average molecular weight is 429 g/mol. The van der Waals surface area contributed by atoms with Crippen molar-refractivity contribution in [1.29, 1.82) is 0 Å². The largest absolute Gasteiger partial charge is 0.454 e. The van der Waals surface area contributed by atoms with Gasteiger partial charge in [0, 0.05) is 0 Å². The van der Waals surface area contributed by atoms with Crippen LogP contribution in [0.25, 0.3) is 0 Å². The van der Waals surface area contributed by atoms with Crippen LogP contribution in [-0.2, 0) is 14.3 Å². The predicted octanol–water partition coefficient (Wildman–Crippen LogP) is 1.24. The second kappa shape index (κ2) is 8.93. The zero-order valence-electron chi connectivity index (χ0n) is 15.9. The molecule has 1 aliphatic rings. The van der Waals surface area contributed by atoms with Gasteiger partial charge in [-0.25, -0.2) is 9.59 Å². The molecular formula is C18H18F3N3O6. The van der Waals surface area contributed by atoms with Gasteiger partial charge < -0.3 is 10.1 Å². The summed E-state index contributed by atoms with van der Waals surface area (Å²) in [5, 5.41) is 2.98. The fraction of sp³-hybridized carbons (Fsp3) is 0.389. The molecule has 1 aromatic carbocycles. The van der Waals surface area contributed by atoms with Gasteiger partial charge in [0.15, 0.2) is 6.61 Å². The van der Waals surface area contributed by atoms with Crippen LogP contribution in [0.5, 0.6) is 0 Å². The van der Waals surface area contributed by atoms with Crippen molar-refractivity contribution in [2.24, 2.45) is 5.92 Å². The van der Waals surface area contributed by atoms with Crippen LogP contribution < -0.4 is 10.6 Å². The number of rotatable bonds is 6. The van der Waals surface area contributed by atoms with Crippen LogP contribution in [0, 0.1) is 5.92 Å². The van der Waals surface area contributed by atoms with Gasteiger partial charge in [-0.2, -0.15) is 13.2 Å². The van der Waals surface area contributed by atoms with Crippen molar-refractivity contribution in [3.05, 3.63) is 35.4 Å². The van der Waals surface area contributed by atoms with Gasteiger partial charge in [0.1, 0.15) is 12.6 Å². The number of nitrogens with zero attached hydrogens (tertiary/aromatic N) is 1. The number of esters is 1. The molecular weight excluding hydrogens is 411 g/mol. The van der Waals surface area contributed by atoms with Crippen LogP contribution in [0.15, 0.2) is 24.3 Å². The van der Waals surface area contributed by atoms with Crippen LogP contribution in [0.4, 0.5) is 18.0 Å². The fourth-order valence-corrected chi connectivity index (χ4v) is 2.75. The minimum absolute atomic E-state index is 0.125. The molecule has 0 aromatic heterocycles. The quantitative estimate of drug-likeness (QED) is 0.518. The number of ether oxygens (including phenoxy) is 1. The van der Waals surface area contributed by atoms with E-state index in [-0.39, 0.29) is 11.1 Å². The highest BCUT2D eigenvalue weighted by Gasteiger charge is 2.44. The number of halogens is 3. The Morgan fingerprint density at radius 3 is 2.07 bits per heavy atom. The summed E-state index contributed by atoms with van der Waals surface area (Å²) < 4.78 is 40.9. The summed E-state index contributed by atoms with van der Waals surface area (Å²) in [6.07, 6.45) is -4.66. The van der Waals surface area contributed by atoms with E-state index < -0.39 is 61.0 Å². The Morgan fingerprint density at radius 1 is 1.07 bits per heavy atom. The van der Waals surface area contributed by atoms with Gasteiger partial charge in [0.05, 0.1) is 11.1 Å². The van der Waals surface area contributed by atoms with E-state index in [1.54, 1.807) is 31.3 Å². The third kappa shape index (κ3) is 5.33. The molecule has 0 saturated heterocycles. The average Bonchev–Trinajstić information content (AvgIpc) is 2.90. The molecule has 5 amide bonds. The molecule has 9 nitrogen and oxygen atoms in total. The lowest BCUT2D eigenvalue weighted by atomic mass is 10.0. The molecule has 0 saturated carbocycles. The first-order chi connectivity index (χ1) is 13.9. The molecule has 1 aromatic rings.